The molecule has 0 fully saturated rings. The molecule has 1 rings (SSSR count). The van der Waals surface area contributed by atoms with Crippen molar-refractivity contribution in [3.63, 3.8) is 0 Å². The molecule has 0 saturated heterocycles. The van der Waals surface area contributed by atoms with Crippen molar-refractivity contribution in [3.05, 3.63) is 23.3 Å². The highest BCUT2D eigenvalue weighted by molar-refractivity contribution is 6.00. The highest BCUT2D eigenvalue weighted by Gasteiger charge is 2.12. The van der Waals surface area contributed by atoms with Crippen LogP contribution in [0.25, 0.3) is 0 Å². The van der Waals surface area contributed by atoms with E-state index in [1.807, 2.05) is 0 Å². The molecule has 76 valence electrons. The van der Waals surface area contributed by atoms with Crippen molar-refractivity contribution in [2.45, 2.75) is 6.92 Å². The summed E-state index contributed by atoms with van der Waals surface area (Å²) >= 11 is 0. The van der Waals surface area contributed by atoms with Gasteiger partial charge in [-0.05, 0) is 31.7 Å². The normalized spacial score (nSPS) is 10.1. The van der Waals surface area contributed by atoms with Crippen LogP contribution < -0.4 is 5.32 Å². The van der Waals surface area contributed by atoms with Crippen LogP contribution in [0, 0.1) is 6.92 Å². The summed E-state index contributed by atoms with van der Waals surface area (Å²) in [6, 6.07) is 2.66. The molecule has 0 bridgehead atoms. The van der Waals surface area contributed by atoms with Crippen molar-refractivity contribution in [3.8, 4) is 11.5 Å². The molecule has 0 radical (unpaired) electrons. The summed E-state index contributed by atoms with van der Waals surface area (Å²) in [4.78, 5) is 11.4. The maximum atomic E-state index is 11.4. The van der Waals surface area contributed by atoms with E-state index < -0.39 is 0 Å². The molecule has 0 unspecified atom stereocenters. The lowest BCUT2D eigenvalue weighted by Crippen LogP contribution is -2.18. The minimum atomic E-state index is -0.250. The second-order valence-electron chi connectivity index (χ2n) is 3.11. The third kappa shape index (κ3) is 2.03. The zero-order chi connectivity index (χ0) is 10.7. The molecule has 1 aromatic rings. The summed E-state index contributed by atoms with van der Waals surface area (Å²) in [7, 11) is 1.64. The lowest BCUT2D eigenvalue weighted by Gasteiger charge is -2.06. The van der Waals surface area contributed by atoms with E-state index in [1.165, 1.54) is 12.1 Å². The Labute approximate surface area is 82.2 Å². The number of aryl methyl sites for hydroxylation is 1. The molecule has 0 saturated carbocycles. The number of carbonyl (C=O) groups excluding carboxylic acids is 1. The zero-order valence-electron chi connectivity index (χ0n) is 8.16. The van der Waals surface area contributed by atoms with Crippen LogP contribution in [-0.4, -0.2) is 29.6 Å². The van der Waals surface area contributed by atoms with Crippen molar-refractivity contribution < 1.29 is 15.0 Å². The Bertz CT molecular complexity index is 361. The number of hydrogen-bond donors (Lipinski definition) is 3. The van der Waals surface area contributed by atoms with Crippen molar-refractivity contribution in [1.29, 1.82) is 0 Å². The first-order valence-electron chi connectivity index (χ1n) is 4.26. The predicted octanol–water partition coefficient (Wildman–Crippen LogP) is 0.808. The molecule has 14 heavy (non-hydrogen) atoms. The minimum Gasteiger partial charge on any atom is -0.508 e. The zero-order valence-corrected chi connectivity index (χ0v) is 8.16. The average Bonchev–Trinajstić information content (AvgIpc) is 2.11. The smallest absolute Gasteiger partial charge is 0.180 e. The average molecular weight is 195 g/mol. The maximum Gasteiger partial charge on any atom is 0.180 e. The topological polar surface area (TPSA) is 69.6 Å². The second kappa shape index (κ2) is 4.11. The van der Waals surface area contributed by atoms with E-state index in [2.05, 4.69) is 5.32 Å². The summed E-state index contributed by atoms with van der Waals surface area (Å²) in [6.07, 6.45) is 0. The van der Waals surface area contributed by atoms with Crippen LogP contribution in [0.1, 0.15) is 15.9 Å². The lowest BCUT2D eigenvalue weighted by molar-refractivity contribution is 0.0990. The number of likely N-dealkylation sites (N-methyl/N-ethyl adjacent to an activating group) is 1. The Kier molecular flexibility index (Phi) is 3.09. The Morgan fingerprint density at radius 1 is 1.36 bits per heavy atom. The van der Waals surface area contributed by atoms with Crippen molar-refractivity contribution in [1.82, 2.24) is 5.32 Å². The van der Waals surface area contributed by atoms with Gasteiger partial charge in [0.15, 0.2) is 5.78 Å². The Morgan fingerprint density at radius 2 is 2.00 bits per heavy atom. The van der Waals surface area contributed by atoms with E-state index in [1.54, 1.807) is 14.0 Å². The minimum absolute atomic E-state index is 0.0160. The molecule has 4 nitrogen and oxygen atoms in total. The van der Waals surface area contributed by atoms with E-state index in [-0.39, 0.29) is 29.4 Å². The number of Topliss-reactive ketones (excluding diaryl/α,β-unsaturated/α-hetero) is 1. The number of hydrogen-bond acceptors (Lipinski definition) is 4. The molecule has 1 aromatic carbocycles. The fourth-order valence-corrected chi connectivity index (χ4v) is 1.16. The van der Waals surface area contributed by atoms with Gasteiger partial charge in [-0.15, -0.1) is 0 Å². The number of aromatic hydroxyl groups is 2. The first-order valence-corrected chi connectivity index (χ1v) is 4.26. The number of benzene rings is 1. The molecular weight excluding hydrogens is 182 g/mol. The van der Waals surface area contributed by atoms with Gasteiger partial charge >= 0.3 is 0 Å². The van der Waals surface area contributed by atoms with Gasteiger partial charge in [0.25, 0.3) is 0 Å². The Hall–Kier alpha value is -1.55. The summed E-state index contributed by atoms with van der Waals surface area (Å²) in [5.74, 6) is -0.330. The predicted molar refractivity (Wildman–Crippen MR) is 52.8 cm³/mol. The Balaban J connectivity index is 3.09. The SMILES string of the molecule is CNCC(=O)c1cc(O)c(C)cc1O. The fraction of sp³-hybridized carbons (Fsp3) is 0.300. The highest BCUT2D eigenvalue weighted by Crippen LogP contribution is 2.26. The molecule has 0 atom stereocenters. The first-order chi connectivity index (χ1) is 6.56. The van der Waals surface area contributed by atoms with Crippen LogP contribution in [0.3, 0.4) is 0 Å². The summed E-state index contributed by atoms with van der Waals surface area (Å²) < 4.78 is 0. The van der Waals surface area contributed by atoms with E-state index >= 15 is 0 Å². The fourth-order valence-electron chi connectivity index (χ4n) is 1.16. The quantitative estimate of drug-likeness (QED) is 0.493. The molecule has 0 amide bonds. The van der Waals surface area contributed by atoms with Gasteiger partial charge in [0.05, 0.1) is 12.1 Å². The van der Waals surface area contributed by atoms with Gasteiger partial charge in [0.1, 0.15) is 11.5 Å². The van der Waals surface area contributed by atoms with Crippen LogP contribution in [0.4, 0.5) is 0 Å². The first kappa shape index (κ1) is 10.5. The van der Waals surface area contributed by atoms with Gasteiger partial charge in [-0.2, -0.15) is 0 Å². The van der Waals surface area contributed by atoms with Gasteiger partial charge < -0.3 is 15.5 Å². The number of carbonyl (C=O) groups is 1. The number of ketones is 1. The van der Waals surface area contributed by atoms with E-state index in [0.29, 0.717) is 5.56 Å². The van der Waals surface area contributed by atoms with Gasteiger partial charge in [0.2, 0.25) is 0 Å². The van der Waals surface area contributed by atoms with Crippen LogP contribution in [-0.2, 0) is 0 Å². The molecule has 0 spiro atoms. The molecule has 0 heterocycles. The third-order valence-corrected chi connectivity index (χ3v) is 1.95. The third-order valence-electron chi connectivity index (χ3n) is 1.95. The number of phenols is 2. The van der Waals surface area contributed by atoms with Crippen LogP contribution in [0.5, 0.6) is 11.5 Å². The van der Waals surface area contributed by atoms with Gasteiger partial charge in [-0.1, -0.05) is 0 Å². The number of rotatable bonds is 3. The van der Waals surface area contributed by atoms with E-state index in [4.69, 9.17) is 0 Å². The molecule has 4 heteroatoms. The number of phenolic OH excluding ortho intramolecular Hbond substituents is 2. The molecule has 0 aliphatic carbocycles. The van der Waals surface area contributed by atoms with Crippen molar-refractivity contribution in [2.75, 3.05) is 13.6 Å². The Morgan fingerprint density at radius 3 is 2.57 bits per heavy atom. The van der Waals surface area contributed by atoms with Crippen LogP contribution in [0.2, 0.25) is 0 Å². The monoisotopic (exact) mass is 195 g/mol. The van der Waals surface area contributed by atoms with Gasteiger partial charge in [-0.25, -0.2) is 0 Å². The lowest BCUT2D eigenvalue weighted by atomic mass is 10.1. The molecule has 0 aliphatic heterocycles. The highest BCUT2D eigenvalue weighted by atomic mass is 16.3. The van der Waals surface area contributed by atoms with E-state index in [0.717, 1.165) is 0 Å². The maximum absolute atomic E-state index is 11.4. The molecular formula is C10H13NO3. The van der Waals surface area contributed by atoms with Crippen LogP contribution in [0.15, 0.2) is 12.1 Å². The largest absolute Gasteiger partial charge is 0.508 e. The van der Waals surface area contributed by atoms with Crippen molar-refractivity contribution in [2.24, 2.45) is 0 Å². The van der Waals surface area contributed by atoms with Gasteiger partial charge in [0, 0.05) is 0 Å². The summed E-state index contributed by atoms with van der Waals surface area (Å²) in [5.41, 5.74) is 0.686. The van der Waals surface area contributed by atoms with Gasteiger partial charge in [-0.3, -0.25) is 4.79 Å². The molecule has 0 aromatic heterocycles. The second-order valence-corrected chi connectivity index (χ2v) is 3.11. The number of nitrogens with one attached hydrogen (secondary N) is 1. The van der Waals surface area contributed by atoms with E-state index in [9.17, 15) is 15.0 Å². The molecule has 3 N–H and O–H groups in total. The summed E-state index contributed by atoms with van der Waals surface area (Å²) in [6.45, 7) is 1.79. The molecule has 0 aliphatic rings. The standard InChI is InChI=1S/C10H13NO3/c1-6-3-9(13)7(4-8(6)12)10(14)5-11-2/h3-4,11-13H,5H2,1-2H3. The van der Waals surface area contributed by atoms with Crippen LogP contribution >= 0.6 is 0 Å². The summed E-state index contributed by atoms with van der Waals surface area (Å²) in [5, 5.41) is 21.5. The van der Waals surface area contributed by atoms with Crippen molar-refractivity contribution >= 4 is 5.78 Å².